The lowest BCUT2D eigenvalue weighted by atomic mass is 10.2. The molecule has 0 aromatic carbocycles. The minimum Gasteiger partial charge on any atom is -0.342 e. The SMILES string of the molecule is CC(C)N1C(=O)CC(NC(=O)C2(N)CC2)C1=O. The van der Waals surface area contributed by atoms with Crippen LogP contribution in [0.5, 0.6) is 0 Å². The minimum absolute atomic E-state index is 0.0405. The quantitative estimate of drug-likeness (QED) is 0.626. The van der Waals surface area contributed by atoms with Gasteiger partial charge in [0.2, 0.25) is 11.8 Å². The molecule has 3 N–H and O–H groups in total. The van der Waals surface area contributed by atoms with Crippen molar-refractivity contribution in [2.75, 3.05) is 0 Å². The number of hydrogen-bond donors (Lipinski definition) is 2. The van der Waals surface area contributed by atoms with Crippen LogP contribution >= 0.6 is 0 Å². The maximum absolute atomic E-state index is 11.9. The molecule has 1 heterocycles. The Hall–Kier alpha value is -1.43. The fourth-order valence-corrected chi connectivity index (χ4v) is 1.97. The molecular formula is C11H17N3O3. The van der Waals surface area contributed by atoms with E-state index < -0.39 is 11.6 Å². The first-order valence-corrected chi connectivity index (χ1v) is 5.81. The Bertz CT molecular complexity index is 387. The Morgan fingerprint density at radius 2 is 2.06 bits per heavy atom. The first kappa shape index (κ1) is 12.0. The molecule has 0 aromatic rings. The molecule has 6 heteroatoms. The molecule has 3 amide bonds. The van der Waals surface area contributed by atoms with Crippen LogP contribution in [0.25, 0.3) is 0 Å². The standard InChI is InChI=1S/C11H17N3O3/c1-6(2)14-8(15)5-7(9(14)16)13-10(17)11(12)3-4-11/h6-7H,3-5,12H2,1-2H3,(H,13,17). The minimum atomic E-state index is -0.811. The van der Waals surface area contributed by atoms with Gasteiger partial charge < -0.3 is 11.1 Å². The van der Waals surface area contributed by atoms with Gasteiger partial charge in [-0.05, 0) is 26.7 Å². The van der Waals surface area contributed by atoms with Crippen LogP contribution in [0.3, 0.4) is 0 Å². The Balaban J connectivity index is 2.02. The second kappa shape index (κ2) is 3.80. The van der Waals surface area contributed by atoms with E-state index in [1.807, 2.05) is 0 Å². The van der Waals surface area contributed by atoms with Crippen molar-refractivity contribution in [1.29, 1.82) is 0 Å². The zero-order valence-electron chi connectivity index (χ0n) is 10.0. The van der Waals surface area contributed by atoms with Gasteiger partial charge in [-0.1, -0.05) is 0 Å². The van der Waals surface area contributed by atoms with Gasteiger partial charge in [-0.15, -0.1) is 0 Å². The van der Waals surface area contributed by atoms with Crippen LogP contribution in [0.4, 0.5) is 0 Å². The number of nitrogens with one attached hydrogen (secondary N) is 1. The number of carbonyl (C=O) groups excluding carboxylic acids is 3. The largest absolute Gasteiger partial charge is 0.342 e. The molecule has 6 nitrogen and oxygen atoms in total. The van der Waals surface area contributed by atoms with E-state index in [2.05, 4.69) is 5.32 Å². The highest BCUT2D eigenvalue weighted by Crippen LogP contribution is 2.32. The molecule has 2 fully saturated rings. The summed E-state index contributed by atoms with van der Waals surface area (Å²) < 4.78 is 0. The highest BCUT2D eigenvalue weighted by atomic mass is 16.2. The molecule has 0 aromatic heterocycles. The summed E-state index contributed by atoms with van der Waals surface area (Å²) in [7, 11) is 0. The fourth-order valence-electron chi connectivity index (χ4n) is 1.97. The number of likely N-dealkylation sites (tertiary alicyclic amines) is 1. The van der Waals surface area contributed by atoms with E-state index in [4.69, 9.17) is 5.73 Å². The topological polar surface area (TPSA) is 92.5 Å². The summed E-state index contributed by atoms with van der Waals surface area (Å²) >= 11 is 0. The van der Waals surface area contributed by atoms with Crippen LogP contribution < -0.4 is 11.1 Å². The summed E-state index contributed by atoms with van der Waals surface area (Å²) in [6, 6.07) is -0.914. The summed E-state index contributed by atoms with van der Waals surface area (Å²) in [5, 5.41) is 2.57. The molecule has 1 saturated heterocycles. The normalized spacial score (nSPS) is 26.6. The number of imide groups is 1. The van der Waals surface area contributed by atoms with Gasteiger partial charge in [-0.25, -0.2) is 0 Å². The van der Waals surface area contributed by atoms with Crippen LogP contribution in [0.2, 0.25) is 0 Å². The number of carbonyl (C=O) groups is 3. The van der Waals surface area contributed by atoms with E-state index in [9.17, 15) is 14.4 Å². The molecule has 1 unspecified atom stereocenters. The predicted octanol–water partition coefficient (Wildman–Crippen LogP) is -0.870. The van der Waals surface area contributed by atoms with Crippen LogP contribution in [0, 0.1) is 0 Å². The van der Waals surface area contributed by atoms with E-state index >= 15 is 0 Å². The van der Waals surface area contributed by atoms with Crippen molar-refractivity contribution in [2.24, 2.45) is 5.73 Å². The third kappa shape index (κ3) is 2.04. The van der Waals surface area contributed by atoms with E-state index in [0.717, 1.165) is 0 Å². The highest BCUT2D eigenvalue weighted by Gasteiger charge is 2.49. The number of nitrogens with two attached hydrogens (primary N) is 1. The van der Waals surface area contributed by atoms with Gasteiger partial charge in [-0.3, -0.25) is 19.3 Å². The van der Waals surface area contributed by atoms with Gasteiger partial charge >= 0.3 is 0 Å². The Morgan fingerprint density at radius 1 is 1.47 bits per heavy atom. The maximum atomic E-state index is 11.9. The molecule has 2 rings (SSSR count). The molecule has 1 atom stereocenters. The smallest absolute Gasteiger partial charge is 0.252 e. The maximum Gasteiger partial charge on any atom is 0.252 e. The summed E-state index contributed by atoms with van der Waals surface area (Å²) in [5.74, 6) is -0.894. The van der Waals surface area contributed by atoms with Crippen molar-refractivity contribution < 1.29 is 14.4 Å². The van der Waals surface area contributed by atoms with Crippen LogP contribution in [0.15, 0.2) is 0 Å². The van der Waals surface area contributed by atoms with Gasteiger partial charge in [0.15, 0.2) is 0 Å². The van der Waals surface area contributed by atoms with Crippen LogP contribution in [0.1, 0.15) is 33.1 Å². The molecule has 1 aliphatic carbocycles. The predicted molar refractivity (Wildman–Crippen MR) is 59.7 cm³/mol. The van der Waals surface area contributed by atoms with Crippen molar-refractivity contribution in [1.82, 2.24) is 10.2 Å². The molecule has 2 aliphatic rings. The Labute approximate surface area is 99.5 Å². The summed E-state index contributed by atoms with van der Waals surface area (Å²) in [6.45, 7) is 3.54. The zero-order valence-corrected chi connectivity index (χ0v) is 10.0. The summed E-state index contributed by atoms with van der Waals surface area (Å²) in [4.78, 5) is 36.4. The molecule has 0 radical (unpaired) electrons. The van der Waals surface area contributed by atoms with Gasteiger partial charge in [-0.2, -0.15) is 0 Å². The Morgan fingerprint density at radius 3 is 2.47 bits per heavy atom. The first-order chi connectivity index (χ1) is 7.85. The average molecular weight is 239 g/mol. The average Bonchev–Trinajstić information content (AvgIpc) is 2.89. The lowest BCUT2D eigenvalue weighted by molar-refractivity contribution is -0.141. The Kier molecular flexibility index (Phi) is 2.69. The molecule has 17 heavy (non-hydrogen) atoms. The van der Waals surface area contributed by atoms with Crippen LogP contribution in [-0.4, -0.2) is 40.2 Å². The molecule has 1 saturated carbocycles. The van der Waals surface area contributed by atoms with E-state index in [1.165, 1.54) is 4.90 Å². The van der Waals surface area contributed by atoms with Gasteiger partial charge in [0.05, 0.1) is 12.0 Å². The van der Waals surface area contributed by atoms with Crippen molar-refractivity contribution in [3.05, 3.63) is 0 Å². The van der Waals surface area contributed by atoms with Crippen molar-refractivity contribution in [2.45, 2.75) is 50.7 Å². The van der Waals surface area contributed by atoms with Gasteiger partial charge in [0.25, 0.3) is 5.91 Å². The monoisotopic (exact) mass is 239 g/mol. The van der Waals surface area contributed by atoms with Gasteiger partial charge in [0.1, 0.15) is 6.04 Å². The fraction of sp³-hybridized carbons (Fsp3) is 0.727. The molecule has 1 aliphatic heterocycles. The molecule has 94 valence electrons. The number of hydrogen-bond acceptors (Lipinski definition) is 4. The summed E-state index contributed by atoms with van der Waals surface area (Å²) in [6.07, 6.45) is 1.32. The molecular weight excluding hydrogens is 222 g/mol. The lowest BCUT2D eigenvalue weighted by Crippen LogP contribution is -2.50. The molecule has 0 spiro atoms. The first-order valence-electron chi connectivity index (χ1n) is 5.81. The van der Waals surface area contributed by atoms with Crippen molar-refractivity contribution in [3.63, 3.8) is 0 Å². The zero-order chi connectivity index (χ0) is 12.8. The van der Waals surface area contributed by atoms with E-state index in [-0.39, 0.29) is 30.2 Å². The van der Waals surface area contributed by atoms with Crippen molar-refractivity contribution in [3.8, 4) is 0 Å². The van der Waals surface area contributed by atoms with Gasteiger partial charge in [0, 0.05) is 6.04 Å². The van der Waals surface area contributed by atoms with Crippen molar-refractivity contribution >= 4 is 17.7 Å². The van der Waals surface area contributed by atoms with E-state index in [1.54, 1.807) is 13.8 Å². The summed E-state index contributed by atoms with van der Waals surface area (Å²) in [5.41, 5.74) is 4.91. The van der Waals surface area contributed by atoms with Crippen LogP contribution in [-0.2, 0) is 14.4 Å². The third-order valence-corrected chi connectivity index (χ3v) is 3.25. The van der Waals surface area contributed by atoms with E-state index in [0.29, 0.717) is 12.8 Å². The lowest BCUT2D eigenvalue weighted by Gasteiger charge is -2.19. The highest BCUT2D eigenvalue weighted by molar-refractivity contribution is 6.07. The second-order valence-corrected chi connectivity index (χ2v) is 5.08. The number of nitrogens with zero attached hydrogens (tertiary/aromatic N) is 1. The number of rotatable bonds is 3. The number of amides is 3. The third-order valence-electron chi connectivity index (χ3n) is 3.25. The molecule has 0 bridgehead atoms. The second-order valence-electron chi connectivity index (χ2n) is 5.08.